The zero-order chi connectivity index (χ0) is 18.1. The monoisotopic (exact) mass is 376 g/mol. The largest absolute Gasteiger partial charge is 0.493 e. The van der Waals surface area contributed by atoms with Crippen LogP contribution in [0, 0.1) is 3.95 Å². The van der Waals surface area contributed by atoms with Crippen LogP contribution in [0.2, 0.25) is 0 Å². The fourth-order valence-corrected chi connectivity index (χ4v) is 3.69. The van der Waals surface area contributed by atoms with Crippen molar-refractivity contribution in [1.29, 1.82) is 0 Å². The maximum Gasteiger partial charge on any atom is 0.327 e. The molecule has 2 heterocycles. The number of carboxylic acid groups (broad SMARTS) is 1. The zero-order valence-corrected chi connectivity index (χ0v) is 14.3. The van der Waals surface area contributed by atoms with E-state index in [4.69, 9.17) is 18.0 Å². The number of benzene rings is 1. The zero-order valence-electron chi connectivity index (χ0n) is 12.6. The number of aliphatic carboxylic acids is 1. The number of thiazole rings is 1. The van der Waals surface area contributed by atoms with Crippen LogP contribution < -0.4 is 16.4 Å². The van der Waals surface area contributed by atoms with Gasteiger partial charge in [0.25, 0.3) is 0 Å². The first-order chi connectivity index (χ1) is 11.9. The normalized spacial score (nSPS) is 13.5. The van der Waals surface area contributed by atoms with Crippen LogP contribution >= 0.6 is 23.6 Å². The topological polar surface area (TPSA) is 130 Å². The molecule has 8 nitrogen and oxygen atoms in total. The highest BCUT2D eigenvalue weighted by Crippen LogP contribution is 2.33. The summed E-state index contributed by atoms with van der Waals surface area (Å²) in [5.74, 6) is -2.12. The summed E-state index contributed by atoms with van der Waals surface area (Å²) in [5.41, 5.74) is 5.09. The van der Waals surface area contributed by atoms with Gasteiger partial charge >= 0.3 is 5.97 Å². The number of nitrogens with two attached hydrogens (primary N) is 1. The summed E-state index contributed by atoms with van der Waals surface area (Å²) in [6.45, 7) is 0. The maximum atomic E-state index is 11.4. The molecular formula is C15H12N4O4S2. The number of hydrogen-bond donors (Lipinski definition) is 3. The van der Waals surface area contributed by atoms with E-state index in [2.05, 4.69) is 9.98 Å². The van der Waals surface area contributed by atoms with E-state index in [-0.39, 0.29) is 9.83 Å². The Balaban J connectivity index is 2.05. The summed E-state index contributed by atoms with van der Waals surface area (Å²) in [6.07, 6.45) is 1.03. The number of primary amides is 1. The fraction of sp³-hybridized carbons (Fsp3) is 0.133. The molecule has 1 aromatic heterocycles. The first-order valence-electron chi connectivity index (χ1n) is 7.06. The minimum atomic E-state index is -1.37. The van der Waals surface area contributed by atoms with Gasteiger partial charge in [0.1, 0.15) is 6.04 Å². The molecule has 0 saturated heterocycles. The highest BCUT2D eigenvalue weighted by molar-refractivity contribution is 7.73. The van der Waals surface area contributed by atoms with Crippen LogP contribution in [0.1, 0.15) is 17.3 Å². The van der Waals surface area contributed by atoms with Crippen LogP contribution in [0.4, 0.5) is 0 Å². The van der Waals surface area contributed by atoms with Crippen LogP contribution in [0.3, 0.4) is 0 Å². The van der Waals surface area contributed by atoms with E-state index in [0.717, 1.165) is 15.9 Å². The van der Waals surface area contributed by atoms with E-state index in [1.807, 2.05) is 12.1 Å². The second kappa shape index (κ2) is 6.57. The van der Waals surface area contributed by atoms with Gasteiger partial charge in [-0.15, -0.1) is 11.3 Å². The lowest BCUT2D eigenvalue weighted by atomic mass is 10.2. The highest BCUT2D eigenvalue weighted by Gasteiger charge is 2.27. The van der Waals surface area contributed by atoms with Gasteiger partial charge in [0.15, 0.2) is 9.78 Å². The summed E-state index contributed by atoms with van der Waals surface area (Å²) in [5, 5.41) is 21.1. The van der Waals surface area contributed by atoms with Gasteiger partial charge in [-0.3, -0.25) is 9.36 Å². The van der Waals surface area contributed by atoms with Crippen molar-refractivity contribution in [2.75, 3.05) is 0 Å². The maximum absolute atomic E-state index is 11.4. The van der Waals surface area contributed by atoms with Crippen molar-refractivity contribution in [3.05, 3.63) is 49.6 Å². The standard InChI is InChI=1S/C15H12N4O4S2/c16-11(20)5-9(14(22)23)19-13(21)10(25-15(19)24)6-12-17-7-3-1-2-4-8(7)18-12/h1-4,6,9,21H,5H2,(H2,16,20)(H,22,23)/t9-/m0/s1. The quantitative estimate of drug-likeness (QED) is 0.663. The van der Waals surface area contributed by atoms with Crippen molar-refractivity contribution in [3.8, 4) is 5.88 Å². The molecule has 4 N–H and O–H groups in total. The second-order valence-electron chi connectivity index (χ2n) is 5.17. The molecule has 3 rings (SSSR count). The Kier molecular flexibility index (Phi) is 4.47. The molecule has 0 saturated carbocycles. The Bertz CT molecular complexity index is 1050. The molecule has 0 spiro atoms. The third-order valence-electron chi connectivity index (χ3n) is 3.45. The summed E-state index contributed by atoms with van der Waals surface area (Å²) in [7, 11) is 0. The first-order valence-corrected chi connectivity index (χ1v) is 8.29. The fourth-order valence-electron chi connectivity index (χ4n) is 2.35. The van der Waals surface area contributed by atoms with Crippen LogP contribution in [0.25, 0.3) is 6.08 Å². The van der Waals surface area contributed by atoms with Gasteiger partial charge in [0.05, 0.1) is 22.0 Å². The molecule has 0 aliphatic carbocycles. The number of amides is 1. The molecule has 1 amide bonds. The Morgan fingerprint density at radius 3 is 2.44 bits per heavy atom. The molecule has 1 atom stereocenters. The van der Waals surface area contributed by atoms with E-state index < -0.39 is 24.3 Å². The molecule has 10 heteroatoms. The van der Waals surface area contributed by atoms with Gasteiger partial charge in [-0.2, -0.15) is 0 Å². The minimum Gasteiger partial charge on any atom is -0.493 e. The van der Waals surface area contributed by atoms with Crippen LogP contribution in [-0.4, -0.2) is 26.7 Å². The smallest absolute Gasteiger partial charge is 0.327 e. The van der Waals surface area contributed by atoms with Crippen molar-refractivity contribution >= 4 is 41.5 Å². The van der Waals surface area contributed by atoms with Gasteiger partial charge in [-0.1, -0.05) is 12.1 Å². The minimum absolute atomic E-state index is 0.105. The molecule has 1 aromatic carbocycles. The summed E-state index contributed by atoms with van der Waals surface area (Å²) in [4.78, 5) is 31.4. The lowest BCUT2D eigenvalue weighted by Gasteiger charge is -2.13. The average Bonchev–Trinajstić information content (AvgIpc) is 3.06. The van der Waals surface area contributed by atoms with Crippen LogP contribution in [-0.2, 0) is 9.59 Å². The van der Waals surface area contributed by atoms with Gasteiger partial charge < -0.3 is 15.9 Å². The number of carbonyl (C=O) groups is 2. The van der Waals surface area contributed by atoms with Crippen LogP contribution in [0.15, 0.2) is 40.1 Å². The van der Waals surface area contributed by atoms with E-state index >= 15 is 0 Å². The second-order valence-corrected chi connectivity index (χ2v) is 6.84. The number of para-hydroxylation sites is 2. The summed E-state index contributed by atoms with van der Waals surface area (Å²) >= 11 is 6.13. The SMILES string of the molecule is NC(=O)C[C@@H](C(=O)O)n1c(O)c(C=C2N=c3ccccc3=N2)sc1=S. The number of carbonyl (C=O) groups excluding carboxylic acids is 1. The Morgan fingerprint density at radius 2 is 1.92 bits per heavy atom. The third-order valence-corrected chi connectivity index (χ3v) is 4.78. The molecule has 0 radical (unpaired) electrons. The number of nitrogens with zero attached hydrogens (tertiary/aromatic N) is 3. The molecule has 25 heavy (non-hydrogen) atoms. The van der Waals surface area contributed by atoms with Gasteiger partial charge in [-0.25, -0.2) is 14.8 Å². The van der Waals surface area contributed by atoms with Crippen LogP contribution in [0.5, 0.6) is 5.88 Å². The molecule has 0 unspecified atom stereocenters. The van der Waals surface area contributed by atoms with E-state index in [1.54, 1.807) is 12.1 Å². The molecule has 128 valence electrons. The van der Waals surface area contributed by atoms with Crippen molar-refractivity contribution in [2.24, 2.45) is 15.7 Å². The number of carboxylic acids is 1. The average molecular weight is 376 g/mol. The molecule has 0 fully saturated rings. The van der Waals surface area contributed by atoms with Crippen molar-refractivity contribution in [3.63, 3.8) is 0 Å². The van der Waals surface area contributed by atoms with Gasteiger partial charge in [-0.05, 0) is 24.4 Å². The lowest BCUT2D eigenvalue weighted by Crippen LogP contribution is -2.25. The van der Waals surface area contributed by atoms with Crippen molar-refractivity contribution in [2.45, 2.75) is 12.5 Å². The number of fused-ring (bicyclic) bond motifs is 1. The Morgan fingerprint density at radius 1 is 1.32 bits per heavy atom. The Labute approximate surface area is 149 Å². The number of hydrogen-bond acceptors (Lipinski definition) is 7. The number of aromatic hydroxyl groups is 1. The van der Waals surface area contributed by atoms with E-state index in [0.29, 0.717) is 21.4 Å². The third kappa shape index (κ3) is 3.35. The van der Waals surface area contributed by atoms with Gasteiger partial charge in [0, 0.05) is 6.08 Å². The highest BCUT2D eigenvalue weighted by atomic mass is 32.1. The van der Waals surface area contributed by atoms with E-state index in [9.17, 15) is 19.8 Å². The predicted octanol–water partition coefficient (Wildman–Crippen LogP) is 0.737. The van der Waals surface area contributed by atoms with Gasteiger partial charge in [0.2, 0.25) is 11.8 Å². The van der Waals surface area contributed by atoms with Crippen molar-refractivity contribution < 1.29 is 19.8 Å². The molecular weight excluding hydrogens is 364 g/mol. The number of rotatable bonds is 5. The molecule has 1 aliphatic heterocycles. The first kappa shape index (κ1) is 17.0. The lowest BCUT2D eigenvalue weighted by molar-refractivity contribution is -0.143. The number of aromatic nitrogens is 1. The summed E-state index contributed by atoms with van der Waals surface area (Å²) < 4.78 is 1.11. The predicted molar refractivity (Wildman–Crippen MR) is 92.0 cm³/mol. The molecule has 1 aliphatic rings. The van der Waals surface area contributed by atoms with Crippen molar-refractivity contribution in [1.82, 2.24) is 4.57 Å². The molecule has 0 bridgehead atoms. The summed E-state index contributed by atoms with van der Waals surface area (Å²) in [6, 6.07) is 5.91. The van der Waals surface area contributed by atoms with E-state index in [1.165, 1.54) is 6.08 Å². The molecule has 2 aromatic rings. The Hall–Kier alpha value is -2.85.